The van der Waals surface area contributed by atoms with Crippen LogP contribution >= 0.6 is 0 Å². The summed E-state index contributed by atoms with van der Waals surface area (Å²) in [6.45, 7) is 4.02. The molecule has 1 fully saturated rings. The number of hydrogen-bond acceptors (Lipinski definition) is 4. The minimum Gasteiger partial charge on any atom is -0.495 e. The molecular weight excluding hydrogens is 250 g/mol. The number of rotatable bonds is 7. The highest BCUT2D eigenvalue weighted by atomic mass is 16.5. The highest BCUT2D eigenvalue weighted by molar-refractivity contribution is 5.45. The van der Waals surface area contributed by atoms with E-state index in [0.29, 0.717) is 17.4 Å². The fourth-order valence-electron chi connectivity index (χ4n) is 2.35. The van der Waals surface area contributed by atoms with Gasteiger partial charge in [0.1, 0.15) is 11.8 Å². The summed E-state index contributed by atoms with van der Waals surface area (Å²) < 4.78 is 5.22. The summed E-state index contributed by atoms with van der Waals surface area (Å²) in [5.41, 5.74) is 1.72. The lowest BCUT2D eigenvalue weighted by Crippen LogP contribution is -2.38. The molecule has 0 saturated heterocycles. The molecule has 0 amide bonds. The van der Waals surface area contributed by atoms with Gasteiger partial charge in [0.25, 0.3) is 0 Å². The average molecular weight is 273 g/mol. The van der Waals surface area contributed by atoms with Gasteiger partial charge in [-0.2, -0.15) is 5.26 Å². The van der Waals surface area contributed by atoms with Crippen molar-refractivity contribution in [3.63, 3.8) is 0 Å². The number of ether oxygens (including phenoxy) is 1. The van der Waals surface area contributed by atoms with E-state index >= 15 is 0 Å². The van der Waals surface area contributed by atoms with Crippen LogP contribution in [0.2, 0.25) is 0 Å². The molecule has 4 heteroatoms. The van der Waals surface area contributed by atoms with Gasteiger partial charge in [0.05, 0.1) is 12.7 Å². The van der Waals surface area contributed by atoms with E-state index < -0.39 is 0 Å². The number of nitrogens with one attached hydrogen (secondary N) is 1. The second-order valence-electron chi connectivity index (χ2n) is 5.52. The SMILES string of the molecule is COc1cc(CNCC(C)N(C)C2CC2)ccc1C#N. The lowest BCUT2D eigenvalue weighted by Gasteiger charge is -2.24. The van der Waals surface area contributed by atoms with Gasteiger partial charge in [0.15, 0.2) is 0 Å². The highest BCUT2D eigenvalue weighted by Crippen LogP contribution is 2.26. The molecule has 1 N–H and O–H groups in total. The van der Waals surface area contributed by atoms with Crippen LogP contribution < -0.4 is 10.1 Å². The molecule has 1 aliphatic rings. The summed E-state index contributed by atoms with van der Waals surface area (Å²) in [6.07, 6.45) is 2.68. The fourth-order valence-corrected chi connectivity index (χ4v) is 2.35. The van der Waals surface area contributed by atoms with E-state index in [1.54, 1.807) is 7.11 Å². The second-order valence-corrected chi connectivity index (χ2v) is 5.52. The Balaban J connectivity index is 1.83. The lowest BCUT2D eigenvalue weighted by molar-refractivity contribution is 0.241. The quantitative estimate of drug-likeness (QED) is 0.827. The molecule has 0 heterocycles. The molecule has 108 valence electrons. The zero-order chi connectivity index (χ0) is 14.5. The fraction of sp³-hybridized carbons (Fsp3) is 0.562. The van der Waals surface area contributed by atoms with Crippen molar-refractivity contribution >= 4 is 0 Å². The predicted molar refractivity (Wildman–Crippen MR) is 79.7 cm³/mol. The largest absolute Gasteiger partial charge is 0.495 e. The summed E-state index contributed by atoms with van der Waals surface area (Å²) in [7, 11) is 3.80. The summed E-state index contributed by atoms with van der Waals surface area (Å²) in [5, 5.41) is 12.4. The molecule has 1 aromatic carbocycles. The van der Waals surface area contributed by atoms with E-state index in [-0.39, 0.29) is 0 Å². The van der Waals surface area contributed by atoms with Crippen LogP contribution in [0.25, 0.3) is 0 Å². The maximum absolute atomic E-state index is 8.96. The summed E-state index contributed by atoms with van der Waals surface area (Å²) in [6, 6.07) is 9.19. The van der Waals surface area contributed by atoms with E-state index in [2.05, 4.69) is 30.3 Å². The first-order chi connectivity index (χ1) is 9.65. The van der Waals surface area contributed by atoms with E-state index in [9.17, 15) is 0 Å². The van der Waals surface area contributed by atoms with Gasteiger partial charge in [0, 0.05) is 25.2 Å². The first kappa shape index (κ1) is 14.8. The van der Waals surface area contributed by atoms with Gasteiger partial charge in [0.2, 0.25) is 0 Å². The van der Waals surface area contributed by atoms with E-state index in [0.717, 1.165) is 24.7 Å². The van der Waals surface area contributed by atoms with Gasteiger partial charge < -0.3 is 10.1 Å². The Bertz CT molecular complexity index is 491. The molecule has 0 radical (unpaired) electrons. The minimum absolute atomic E-state index is 0.544. The Hall–Kier alpha value is -1.57. The molecule has 1 aliphatic carbocycles. The number of likely N-dealkylation sites (N-methyl/N-ethyl adjacent to an activating group) is 1. The Morgan fingerprint density at radius 1 is 1.50 bits per heavy atom. The van der Waals surface area contributed by atoms with Crippen molar-refractivity contribution in [1.29, 1.82) is 5.26 Å². The topological polar surface area (TPSA) is 48.3 Å². The van der Waals surface area contributed by atoms with Gasteiger partial charge >= 0.3 is 0 Å². The molecule has 1 unspecified atom stereocenters. The Morgan fingerprint density at radius 3 is 2.85 bits per heavy atom. The van der Waals surface area contributed by atoms with Crippen molar-refractivity contribution in [2.45, 2.75) is 38.4 Å². The number of methoxy groups -OCH3 is 1. The molecule has 1 atom stereocenters. The zero-order valence-corrected chi connectivity index (χ0v) is 12.5. The van der Waals surface area contributed by atoms with Gasteiger partial charge in [-0.25, -0.2) is 0 Å². The molecule has 2 rings (SSSR count). The molecule has 20 heavy (non-hydrogen) atoms. The Labute approximate surface area is 121 Å². The third kappa shape index (κ3) is 3.72. The molecule has 4 nitrogen and oxygen atoms in total. The molecule has 1 saturated carbocycles. The third-order valence-corrected chi connectivity index (χ3v) is 3.97. The van der Waals surface area contributed by atoms with Crippen LogP contribution in [0.15, 0.2) is 18.2 Å². The number of hydrogen-bond donors (Lipinski definition) is 1. The monoisotopic (exact) mass is 273 g/mol. The second kappa shape index (κ2) is 6.74. The third-order valence-electron chi connectivity index (χ3n) is 3.97. The van der Waals surface area contributed by atoms with E-state index in [1.165, 1.54) is 12.8 Å². The van der Waals surface area contributed by atoms with E-state index in [4.69, 9.17) is 10.00 Å². The molecule has 0 bridgehead atoms. The predicted octanol–water partition coefficient (Wildman–Crippen LogP) is 2.14. The van der Waals surface area contributed by atoms with Crippen LogP contribution in [0.1, 0.15) is 30.9 Å². The molecular formula is C16H23N3O. The van der Waals surface area contributed by atoms with Crippen LogP contribution in [0.4, 0.5) is 0 Å². The molecule has 0 aromatic heterocycles. The minimum atomic E-state index is 0.544. The first-order valence-electron chi connectivity index (χ1n) is 7.15. The van der Waals surface area contributed by atoms with E-state index in [1.807, 2.05) is 18.2 Å². The van der Waals surface area contributed by atoms with Crippen molar-refractivity contribution in [2.75, 3.05) is 20.7 Å². The molecule has 1 aromatic rings. The van der Waals surface area contributed by atoms with Crippen LogP contribution in [0, 0.1) is 11.3 Å². The van der Waals surface area contributed by atoms with Crippen molar-refractivity contribution in [3.05, 3.63) is 29.3 Å². The van der Waals surface area contributed by atoms with Crippen molar-refractivity contribution in [1.82, 2.24) is 10.2 Å². The van der Waals surface area contributed by atoms with Gasteiger partial charge in [-0.15, -0.1) is 0 Å². The maximum atomic E-state index is 8.96. The van der Waals surface area contributed by atoms with Crippen molar-refractivity contribution in [2.24, 2.45) is 0 Å². The molecule has 0 spiro atoms. The summed E-state index contributed by atoms with van der Waals surface area (Å²) in [5.74, 6) is 0.648. The number of nitrogens with zero attached hydrogens (tertiary/aromatic N) is 2. The molecule has 0 aliphatic heterocycles. The summed E-state index contributed by atoms with van der Waals surface area (Å²) >= 11 is 0. The maximum Gasteiger partial charge on any atom is 0.136 e. The van der Waals surface area contributed by atoms with Gasteiger partial charge in [-0.05, 0) is 44.5 Å². The van der Waals surface area contributed by atoms with Crippen molar-refractivity contribution in [3.8, 4) is 11.8 Å². The van der Waals surface area contributed by atoms with Crippen LogP contribution in [-0.4, -0.2) is 37.7 Å². The van der Waals surface area contributed by atoms with Crippen LogP contribution in [-0.2, 0) is 6.54 Å². The normalized spacial score (nSPS) is 15.9. The van der Waals surface area contributed by atoms with Gasteiger partial charge in [-0.1, -0.05) is 6.07 Å². The smallest absolute Gasteiger partial charge is 0.136 e. The van der Waals surface area contributed by atoms with Crippen LogP contribution in [0.3, 0.4) is 0 Å². The first-order valence-corrected chi connectivity index (χ1v) is 7.15. The lowest BCUT2D eigenvalue weighted by atomic mass is 10.1. The van der Waals surface area contributed by atoms with Gasteiger partial charge in [-0.3, -0.25) is 4.90 Å². The zero-order valence-electron chi connectivity index (χ0n) is 12.5. The summed E-state index contributed by atoms with van der Waals surface area (Å²) in [4.78, 5) is 2.45. The standard InChI is InChI=1S/C16H23N3O/c1-12(19(2)15-6-7-15)10-18-11-13-4-5-14(9-17)16(8-13)20-3/h4-5,8,12,15,18H,6-7,10-11H2,1-3H3. The Kier molecular flexibility index (Phi) is 4.99. The highest BCUT2D eigenvalue weighted by Gasteiger charge is 2.28. The number of benzene rings is 1. The Morgan fingerprint density at radius 2 is 2.25 bits per heavy atom. The van der Waals surface area contributed by atoms with Crippen LogP contribution in [0.5, 0.6) is 5.75 Å². The number of nitriles is 1. The average Bonchev–Trinajstić information content (AvgIpc) is 3.30. The van der Waals surface area contributed by atoms with Crippen molar-refractivity contribution < 1.29 is 4.74 Å².